The standard InChI is InChI=1S/C15H19N3O4/c1-4-11-8-12(16-9-11)13-6-5-7-18(13)14(19)10(2)17-15(20)22-21-3/h1,9-10,13H,5-8H2,2-3H3,(H,17,20)/t10-,13-/m0/s1. The molecule has 1 fully saturated rings. The molecule has 0 aromatic carbocycles. The third-order valence-corrected chi connectivity index (χ3v) is 3.73. The predicted octanol–water partition coefficient (Wildman–Crippen LogP) is 1.02. The Morgan fingerprint density at radius 2 is 2.36 bits per heavy atom. The molecule has 7 heteroatoms. The number of amides is 2. The maximum atomic E-state index is 12.5. The van der Waals surface area contributed by atoms with Crippen LogP contribution in [-0.4, -0.2) is 48.4 Å². The van der Waals surface area contributed by atoms with Crippen molar-refractivity contribution in [3.8, 4) is 12.3 Å². The van der Waals surface area contributed by atoms with Gasteiger partial charge in [-0.1, -0.05) is 5.92 Å². The molecule has 0 aromatic heterocycles. The quantitative estimate of drug-likeness (QED) is 0.477. The summed E-state index contributed by atoms with van der Waals surface area (Å²) in [6, 6.07) is -0.761. The molecule has 0 unspecified atom stereocenters. The first-order valence-electron chi connectivity index (χ1n) is 7.10. The Kier molecular flexibility index (Phi) is 5.17. The minimum atomic E-state index is -0.798. The number of nitrogens with one attached hydrogen (secondary N) is 1. The van der Waals surface area contributed by atoms with Crippen molar-refractivity contribution in [1.29, 1.82) is 0 Å². The molecule has 0 spiro atoms. The van der Waals surface area contributed by atoms with Gasteiger partial charge in [-0.2, -0.15) is 4.89 Å². The van der Waals surface area contributed by atoms with Crippen LogP contribution in [0.25, 0.3) is 0 Å². The molecule has 22 heavy (non-hydrogen) atoms. The molecule has 7 nitrogen and oxygen atoms in total. The fraction of sp³-hybridized carbons (Fsp3) is 0.533. The van der Waals surface area contributed by atoms with Crippen LogP contribution in [0.1, 0.15) is 26.2 Å². The second-order valence-electron chi connectivity index (χ2n) is 5.19. The average molecular weight is 305 g/mol. The van der Waals surface area contributed by atoms with Crippen LogP contribution in [0, 0.1) is 12.3 Å². The summed E-state index contributed by atoms with van der Waals surface area (Å²) < 4.78 is 0. The lowest BCUT2D eigenvalue weighted by Gasteiger charge is -2.27. The summed E-state index contributed by atoms with van der Waals surface area (Å²) in [6.07, 6.45) is 8.61. The van der Waals surface area contributed by atoms with Crippen LogP contribution in [0.4, 0.5) is 4.79 Å². The van der Waals surface area contributed by atoms with E-state index in [0.717, 1.165) is 24.1 Å². The van der Waals surface area contributed by atoms with Gasteiger partial charge in [-0.05, 0) is 19.8 Å². The van der Waals surface area contributed by atoms with Gasteiger partial charge in [0.25, 0.3) is 0 Å². The molecule has 2 aliphatic heterocycles. The molecule has 1 saturated heterocycles. The zero-order valence-corrected chi connectivity index (χ0v) is 12.7. The van der Waals surface area contributed by atoms with E-state index in [4.69, 9.17) is 6.42 Å². The monoisotopic (exact) mass is 305 g/mol. The van der Waals surface area contributed by atoms with E-state index in [1.807, 2.05) is 0 Å². The third kappa shape index (κ3) is 3.46. The Labute approximate surface area is 129 Å². The molecule has 0 saturated carbocycles. The molecule has 2 atom stereocenters. The zero-order chi connectivity index (χ0) is 16.1. The maximum Gasteiger partial charge on any atom is 0.439 e. The van der Waals surface area contributed by atoms with Crippen molar-refractivity contribution in [3.63, 3.8) is 0 Å². The largest absolute Gasteiger partial charge is 0.439 e. The van der Waals surface area contributed by atoms with Gasteiger partial charge in [-0.3, -0.25) is 14.7 Å². The van der Waals surface area contributed by atoms with E-state index in [9.17, 15) is 9.59 Å². The van der Waals surface area contributed by atoms with Crippen LogP contribution in [0.3, 0.4) is 0 Å². The van der Waals surface area contributed by atoms with Gasteiger partial charge in [-0.15, -0.1) is 6.42 Å². The summed E-state index contributed by atoms with van der Waals surface area (Å²) in [5, 5.41) is 2.43. The van der Waals surface area contributed by atoms with Crippen LogP contribution < -0.4 is 5.32 Å². The molecule has 2 aliphatic rings. The Balaban J connectivity index is 1.97. The van der Waals surface area contributed by atoms with Crippen molar-refractivity contribution in [1.82, 2.24) is 10.2 Å². The first kappa shape index (κ1) is 16.0. The normalized spacial score (nSPS) is 21.7. The van der Waals surface area contributed by atoms with Crippen LogP contribution >= 0.6 is 0 Å². The number of allylic oxidation sites excluding steroid dienone is 1. The van der Waals surface area contributed by atoms with Gasteiger partial charge in [0.15, 0.2) is 0 Å². The van der Waals surface area contributed by atoms with E-state index in [2.05, 4.69) is 26.0 Å². The lowest BCUT2D eigenvalue weighted by Crippen LogP contribution is -2.50. The summed E-state index contributed by atoms with van der Waals surface area (Å²) in [5.41, 5.74) is 1.73. The highest BCUT2D eigenvalue weighted by molar-refractivity contribution is 5.98. The second kappa shape index (κ2) is 7.09. The van der Waals surface area contributed by atoms with E-state index in [1.54, 1.807) is 18.0 Å². The lowest BCUT2D eigenvalue weighted by molar-refractivity contribution is -0.213. The molecular formula is C15H19N3O4. The van der Waals surface area contributed by atoms with Gasteiger partial charge in [0.2, 0.25) is 5.91 Å². The van der Waals surface area contributed by atoms with Crippen LogP contribution in [0.5, 0.6) is 0 Å². The van der Waals surface area contributed by atoms with Crippen LogP contribution in [0.15, 0.2) is 16.8 Å². The predicted molar refractivity (Wildman–Crippen MR) is 79.8 cm³/mol. The molecule has 0 radical (unpaired) electrons. The second-order valence-corrected chi connectivity index (χ2v) is 5.19. The summed E-state index contributed by atoms with van der Waals surface area (Å²) in [7, 11) is 1.22. The number of terminal acetylenes is 1. The van der Waals surface area contributed by atoms with Crippen LogP contribution in [-0.2, 0) is 14.6 Å². The maximum absolute atomic E-state index is 12.5. The highest BCUT2D eigenvalue weighted by Crippen LogP contribution is 2.25. The molecule has 0 aliphatic carbocycles. The van der Waals surface area contributed by atoms with E-state index >= 15 is 0 Å². The number of carbonyl (C=O) groups excluding carboxylic acids is 2. The smallest absolute Gasteiger partial charge is 0.333 e. The first-order valence-corrected chi connectivity index (χ1v) is 7.10. The van der Waals surface area contributed by atoms with Crippen molar-refractivity contribution >= 4 is 17.7 Å². The van der Waals surface area contributed by atoms with E-state index in [1.165, 1.54) is 7.11 Å². The van der Waals surface area contributed by atoms with E-state index in [-0.39, 0.29) is 11.9 Å². The molecule has 118 valence electrons. The number of rotatable bonds is 4. The molecule has 0 bridgehead atoms. The van der Waals surface area contributed by atoms with Gasteiger partial charge in [0.1, 0.15) is 6.04 Å². The minimum absolute atomic E-state index is 0.0581. The van der Waals surface area contributed by atoms with E-state index in [0.29, 0.717) is 13.0 Å². The van der Waals surface area contributed by atoms with Crippen molar-refractivity contribution in [2.75, 3.05) is 13.7 Å². The number of likely N-dealkylation sites (tertiary alicyclic amines) is 1. The van der Waals surface area contributed by atoms with E-state index < -0.39 is 12.1 Å². The van der Waals surface area contributed by atoms with Gasteiger partial charge < -0.3 is 10.2 Å². The molecule has 1 N–H and O–H groups in total. The fourth-order valence-corrected chi connectivity index (χ4v) is 2.70. The Bertz CT molecular complexity index is 562. The lowest BCUT2D eigenvalue weighted by atomic mass is 10.0. The van der Waals surface area contributed by atoms with Crippen molar-refractivity contribution in [3.05, 3.63) is 11.8 Å². The number of hydrogen-bond acceptors (Lipinski definition) is 5. The number of hydrogen-bond donors (Lipinski definition) is 1. The summed E-state index contributed by atoms with van der Waals surface area (Å²) in [4.78, 5) is 38.5. The Morgan fingerprint density at radius 1 is 1.59 bits per heavy atom. The Morgan fingerprint density at radius 3 is 3.00 bits per heavy atom. The fourth-order valence-electron chi connectivity index (χ4n) is 2.70. The molecule has 2 amide bonds. The molecular weight excluding hydrogens is 286 g/mol. The zero-order valence-electron chi connectivity index (χ0n) is 12.7. The first-order chi connectivity index (χ1) is 10.6. The highest BCUT2D eigenvalue weighted by Gasteiger charge is 2.35. The van der Waals surface area contributed by atoms with Crippen molar-refractivity contribution < 1.29 is 19.4 Å². The van der Waals surface area contributed by atoms with Gasteiger partial charge in [0, 0.05) is 30.5 Å². The third-order valence-electron chi connectivity index (χ3n) is 3.73. The number of carbonyl (C=O) groups is 2. The topological polar surface area (TPSA) is 80.2 Å². The SMILES string of the molecule is C#CC1=CN=C([C@@H]2CCCN2C(=O)[C@H](C)NC(=O)OOC)C1. The molecule has 2 heterocycles. The Hall–Kier alpha value is -2.33. The van der Waals surface area contributed by atoms with Crippen molar-refractivity contribution in [2.45, 2.75) is 38.3 Å². The van der Waals surface area contributed by atoms with Crippen molar-refractivity contribution in [2.24, 2.45) is 4.99 Å². The molecule has 2 rings (SSSR count). The van der Waals surface area contributed by atoms with Gasteiger partial charge >= 0.3 is 6.09 Å². The summed E-state index contributed by atoms with van der Waals surface area (Å²) in [5.74, 6) is 2.41. The van der Waals surface area contributed by atoms with Gasteiger partial charge in [-0.25, -0.2) is 4.79 Å². The summed E-state index contributed by atoms with van der Waals surface area (Å²) >= 11 is 0. The molecule has 0 aromatic rings. The van der Waals surface area contributed by atoms with Gasteiger partial charge in [0.05, 0.1) is 13.2 Å². The highest BCUT2D eigenvalue weighted by atomic mass is 17.2. The number of nitrogens with zero attached hydrogens (tertiary/aromatic N) is 2. The average Bonchev–Trinajstić information content (AvgIpc) is 3.14. The van der Waals surface area contributed by atoms with Crippen LogP contribution in [0.2, 0.25) is 0 Å². The minimum Gasteiger partial charge on any atom is -0.333 e. The summed E-state index contributed by atoms with van der Waals surface area (Å²) in [6.45, 7) is 2.25. The number of aliphatic imine (C=N–C) groups is 1.